The van der Waals surface area contributed by atoms with E-state index < -0.39 is 16.3 Å². The van der Waals surface area contributed by atoms with E-state index in [1.165, 1.54) is 0 Å². The Morgan fingerprint density at radius 3 is 2.21 bits per heavy atom. The second kappa shape index (κ2) is 14.4. The zero-order valence-corrected chi connectivity index (χ0v) is 25.4. The van der Waals surface area contributed by atoms with E-state index in [9.17, 15) is 13.5 Å². The predicted molar refractivity (Wildman–Crippen MR) is 165 cm³/mol. The second-order valence-electron chi connectivity index (χ2n) is 11.0. The Hall–Kier alpha value is -3.44. The zero-order chi connectivity index (χ0) is 30.2. The van der Waals surface area contributed by atoms with Crippen LogP contribution in [0.3, 0.4) is 0 Å². The van der Waals surface area contributed by atoms with Crippen LogP contribution in [0.2, 0.25) is 0 Å². The number of nitrogens with one attached hydrogen (secondary N) is 1. The molecule has 1 saturated heterocycles. The molecule has 1 fully saturated rings. The molecule has 43 heavy (non-hydrogen) atoms. The number of ether oxygens (including phenoxy) is 2. The number of aliphatic hydroxyl groups is 1. The van der Waals surface area contributed by atoms with Gasteiger partial charge >= 0.3 is 0 Å². The molecule has 1 aliphatic rings. The van der Waals surface area contributed by atoms with Crippen molar-refractivity contribution in [3.8, 4) is 0 Å². The summed E-state index contributed by atoms with van der Waals surface area (Å²) < 4.78 is 41.1. The van der Waals surface area contributed by atoms with Crippen LogP contribution in [-0.4, -0.2) is 49.6 Å². The van der Waals surface area contributed by atoms with Gasteiger partial charge in [0.25, 0.3) is 0 Å². The number of sulfonamides is 1. The number of nitrogens with zero attached hydrogens (tertiary/aromatic N) is 2. The van der Waals surface area contributed by atoms with Gasteiger partial charge in [-0.2, -0.15) is 0 Å². The summed E-state index contributed by atoms with van der Waals surface area (Å²) in [5, 5.41) is 9.52. The molecule has 1 aliphatic heterocycles. The molecule has 0 amide bonds. The molecule has 0 radical (unpaired) electrons. The average Bonchev–Trinajstić information content (AvgIpc) is 3.05. The Morgan fingerprint density at radius 1 is 0.860 bits per heavy atom. The number of benzene rings is 3. The number of aliphatic hydroxyl groups excluding tert-OH is 1. The van der Waals surface area contributed by atoms with Crippen molar-refractivity contribution in [1.82, 2.24) is 14.6 Å². The van der Waals surface area contributed by atoms with E-state index in [1.807, 2.05) is 72.9 Å². The van der Waals surface area contributed by atoms with Gasteiger partial charge in [0.05, 0.1) is 23.7 Å². The topological polar surface area (TPSA) is 101 Å². The third-order valence-electron chi connectivity index (χ3n) is 7.86. The van der Waals surface area contributed by atoms with Crippen LogP contribution in [0.5, 0.6) is 0 Å². The molecule has 2 N–H and O–H groups in total. The highest BCUT2D eigenvalue weighted by Crippen LogP contribution is 2.41. The average molecular weight is 602 g/mol. The third-order valence-corrected chi connectivity index (χ3v) is 9.28. The smallest absolute Gasteiger partial charge is 0.240 e. The van der Waals surface area contributed by atoms with E-state index in [0.717, 1.165) is 47.5 Å². The minimum Gasteiger partial charge on any atom is -0.392 e. The van der Waals surface area contributed by atoms with Crippen molar-refractivity contribution >= 4 is 10.0 Å². The van der Waals surface area contributed by atoms with Gasteiger partial charge in [-0.1, -0.05) is 79.7 Å². The van der Waals surface area contributed by atoms with Gasteiger partial charge in [-0.3, -0.25) is 4.98 Å². The van der Waals surface area contributed by atoms with Crippen LogP contribution < -0.4 is 4.72 Å². The fourth-order valence-corrected chi connectivity index (χ4v) is 6.27. The van der Waals surface area contributed by atoms with Crippen LogP contribution in [0.4, 0.5) is 0 Å². The van der Waals surface area contributed by atoms with Gasteiger partial charge in [0.15, 0.2) is 6.29 Å². The van der Waals surface area contributed by atoms with Crippen molar-refractivity contribution in [3.05, 3.63) is 131 Å². The lowest BCUT2D eigenvalue weighted by Crippen LogP contribution is -2.43. The highest BCUT2D eigenvalue weighted by atomic mass is 32.2. The molecule has 5 rings (SSSR count). The van der Waals surface area contributed by atoms with E-state index in [-0.39, 0.29) is 36.2 Å². The van der Waals surface area contributed by atoms with Gasteiger partial charge < -0.3 is 19.5 Å². The lowest BCUT2D eigenvalue weighted by molar-refractivity contribution is -0.275. The molecule has 8 nitrogen and oxygen atoms in total. The van der Waals surface area contributed by atoms with Crippen LogP contribution in [0.25, 0.3) is 0 Å². The lowest BCUT2D eigenvalue weighted by atomic mass is 9.90. The summed E-state index contributed by atoms with van der Waals surface area (Å²) >= 11 is 0. The summed E-state index contributed by atoms with van der Waals surface area (Å²) in [7, 11) is -1.51. The quantitative estimate of drug-likeness (QED) is 0.235. The van der Waals surface area contributed by atoms with E-state index in [4.69, 9.17) is 9.47 Å². The molecule has 4 atom stereocenters. The van der Waals surface area contributed by atoms with Gasteiger partial charge in [0.1, 0.15) is 0 Å². The normalized spacial score (nSPS) is 20.7. The van der Waals surface area contributed by atoms with Crippen LogP contribution in [0.15, 0.2) is 108 Å². The van der Waals surface area contributed by atoms with E-state index in [0.29, 0.717) is 0 Å². The number of aromatic nitrogens is 1. The number of hydrogen-bond acceptors (Lipinski definition) is 7. The molecule has 0 bridgehead atoms. The maximum absolute atomic E-state index is 12.6. The summed E-state index contributed by atoms with van der Waals surface area (Å²) in [6, 6.07) is 29.8. The highest BCUT2D eigenvalue weighted by Gasteiger charge is 2.38. The van der Waals surface area contributed by atoms with Gasteiger partial charge in [-0.15, -0.1) is 0 Å². The number of pyridine rings is 1. The summed E-state index contributed by atoms with van der Waals surface area (Å²) in [6.45, 7) is 3.88. The van der Waals surface area contributed by atoms with Gasteiger partial charge in [-0.05, 0) is 48.0 Å². The second-order valence-corrected chi connectivity index (χ2v) is 12.8. The Labute approximate surface area is 254 Å². The van der Waals surface area contributed by atoms with E-state index in [2.05, 4.69) is 28.6 Å². The fourth-order valence-electron chi connectivity index (χ4n) is 5.23. The molecule has 2 heterocycles. The summed E-state index contributed by atoms with van der Waals surface area (Å²) in [5.41, 5.74) is 4.63. The molecule has 1 aromatic heterocycles. The fraction of sp³-hybridized carbons (Fsp3) is 0.324. The first-order valence-electron chi connectivity index (χ1n) is 14.5. The minimum atomic E-state index is -3.60. The van der Waals surface area contributed by atoms with Crippen LogP contribution >= 0.6 is 0 Å². The van der Waals surface area contributed by atoms with Crippen molar-refractivity contribution in [2.45, 2.75) is 49.9 Å². The summed E-state index contributed by atoms with van der Waals surface area (Å²) in [5.74, 6) is 0.0696. The molecular formula is C34H39N3O5S. The number of likely N-dealkylation sites (N-methyl/N-ethyl adjacent to an activating group) is 1. The zero-order valence-electron chi connectivity index (χ0n) is 24.5. The maximum Gasteiger partial charge on any atom is 0.240 e. The van der Waals surface area contributed by atoms with Crippen molar-refractivity contribution in [2.75, 3.05) is 20.1 Å². The Bertz CT molecular complexity index is 1530. The third kappa shape index (κ3) is 8.14. The first-order valence-corrected chi connectivity index (χ1v) is 16.0. The number of hydrogen-bond donors (Lipinski definition) is 2. The van der Waals surface area contributed by atoms with Gasteiger partial charge in [0, 0.05) is 49.4 Å². The highest BCUT2D eigenvalue weighted by molar-refractivity contribution is 7.89. The molecule has 0 saturated carbocycles. The lowest BCUT2D eigenvalue weighted by Gasteiger charge is -2.42. The SMILES string of the molecule is C[C@@H]1[C@H](CN(C)CCc2ccccn2)O[C@H](c2ccc(CNS(=O)(=O)c3ccccc3)cc2)O[C@@H]1c1ccc(CO)cc1. The van der Waals surface area contributed by atoms with Crippen molar-refractivity contribution in [1.29, 1.82) is 0 Å². The molecule has 226 valence electrons. The summed E-state index contributed by atoms with van der Waals surface area (Å²) in [4.78, 5) is 6.95. The van der Waals surface area contributed by atoms with Gasteiger partial charge in [0.2, 0.25) is 10.0 Å². The molecule has 9 heteroatoms. The van der Waals surface area contributed by atoms with E-state index in [1.54, 1.807) is 30.3 Å². The molecule has 0 unspecified atom stereocenters. The minimum absolute atomic E-state index is 0.00929. The van der Waals surface area contributed by atoms with Crippen molar-refractivity contribution in [2.24, 2.45) is 5.92 Å². The van der Waals surface area contributed by atoms with Crippen LogP contribution in [0.1, 0.15) is 47.3 Å². The predicted octanol–water partition coefficient (Wildman–Crippen LogP) is 5.02. The Kier molecular flexibility index (Phi) is 10.3. The van der Waals surface area contributed by atoms with Crippen molar-refractivity contribution < 1.29 is 23.0 Å². The van der Waals surface area contributed by atoms with Crippen LogP contribution in [-0.2, 0) is 39.1 Å². The monoisotopic (exact) mass is 601 g/mol. The first-order chi connectivity index (χ1) is 20.8. The number of rotatable bonds is 12. The first kappa shape index (κ1) is 31.0. The van der Waals surface area contributed by atoms with Gasteiger partial charge in [-0.25, -0.2) is 13.1 Å². The Morgan fingerprint density at radius 2 is 1.53 bits per heavy atom. The molecule has 0 spiro atoms. The van der Waals surface area contributed by atoms with Crippen molar-refractivity contribution in [3.63, 3.8) is 0 Å². The maximum atomic E-state index is 12.6. The standard InChI is InChI=1S/C34H39N3O5S/c1-25-32(23-37(2)21-19-30-8-6-7-20-35-30)41-34(42-33(25)28-15-13-27(24-38)14-16-28)29-17-11-26(12-18-29)22-36-43(39,40)31-9-4-3-5-10-31/h3-18,20,25,32-34,36,38H,19,21-24H2,1-2H3/t25-,32+,33+,34+/m1/s1. The van der Waals surface area contributed by atoms with E-state index >= 15 is 0 Å². The molecular weight excluding hydrogens is 562 g/mol. The van der Waals surface area contributed by atoms with Crippen LogP contribution in [0, 0.1) is 5.92 Å². The Balaban J connectivity index is 1.29. The summed E-state index contributed by atoms with van der Waals surface area (Å²) in [6.07, 6.45) is 1.76. The molecule has 3 aromatic carbocycles. The largest absolute Gasteiger partial charge is 0.392 e. The molecule has 4 aromatic rings. The molecule has 0 aliphatic carbocycles.